The van der Waals surface area contributed by atoms with Gasteiger partial charge < -0.3 is 15.3 Å². The second-order valence-electron chi connectivity index (χ2n) is 7.97. The molecule has 0 bridgehead atoms. The zero-order valence-electron chi connectivity index (χ0n) is 16.0. The molecule has 25 heavy (non-hydrogen) atoms. The fraction of sp³-hybridized carbons (Fsp3) is 0.714. The summed E-state index contributed by atoms with van der Waals surface area (Å²) >= 11 is 0. The van der Waals surface area contributed by atoms with E-state index in [2.05, 4.69) is 53.2 Å². The number of aliphatic hydroxyl groups excluding tert-OH is 1. The molecule has 2 N–H and O–H groups in total. The summed E-state index contributed by atoms with van der Waals surface area (Å²) in [7, 11) is 0. The van der Waals surface area contributed by atoms with E-state index >= 15 is 0 Å². The Morgan fingerprint density at radius 1 is 1.08 bits per heavy atom. The summed E-state index contributed by atoms with van der Waals surface area (Å²) in [5, 5.41) is 13.2. The molecule has 2 saturated heterocycles. The lowest BCUT2D eigenvalue weighted by molar-refractivity contribution is 0.127. The van der Waals surface area contributed by atoms with Crippen LogP contribution in [0.5, 0.6) is 0 Å². The highest BCUT2D eigenvalue weighted by atomic mass is 16.3. The van der Waals surface area contributed by atoms with Gasteiger partial charge in [0.05, 0.1) is 0 Å². The number of benzene rings is 1. The maximum absolute atomic E-state index is 9.32. The van der Waals surface area contributed by atoms with Gasteiger partial charge in [-0.2, -0.15) is 0 Å². The zero-order valence-corrected chi connectivity index (χ0v) is 16.0. The molecule has 1 aromatic carbocycles. The third kappa shape index (κ3) is 4.96. The van der Waals surface area contributed by atoms with Crippen LogP contribution in [0, 0.1) is 11.8 Å². The van der Waals surface area contributed by atoms with Gasteiger partial charge in [-0.3, -0.25) is 4.90 Å². The van der Waals surface area contributed by atoms with E-state index in [0.717, 1.165) is 39.0 Å². The molecule has 4 heteroatoms. The van der Waals surface area contributed by atoms with E-state index in [9.17, 15) is 5.11 Å². The molecule has 1 aromatic rings. The van der Waals surface area contributed by atoms with Crippen LogP contribution >= 0.6 is 0 Å². The first-order valence-electron chi connectivity index (χ1n) is 10.1. The predicted octanol–water partition coefficient (Wildman–Crippen LogP) is 3.03. The van der Waals surface area contributed by atoms with Gasteiger partial charge >= 0.3 is 0 Å². The van der Waals surface area contributed by atoms with Crippen molar-refractivity contribution in [2.45, 2.75) is 45.7 Å². The minimum atomic E-state index is 0.348. The normalized spacial score (nSPS) is 26.7. The Labute approximate surface area is 153 Å². The summed E-state index contributed by atoms with van der Waals surface area (Å²) in [4.78, 5) is 5.09. The first kappa shape index (κ1) is 18.7. The Bertz CT molecular complexity index is 528. The van der Waals surface area contributed by atoms with Gasteiger partial charge in [0.15, 0.2) is 0 Å². The maximum atomic E-state index is 9.32. The molecule has 0 aromatic heterocycles. The third-order valence-corrected chi connectivity index (χ3v) is 6.15. The fourth-order valence-electron chi connectivity index (χ4n) is 4.30. The SMILES string of the molecule is CCN1CC[C@H](Nc2ccccc2CN2CCC(CO)CC2)[C@H](C)C1. The summed E-state index contributed by atoms with van der Waals surface area (Å²) in [6.45, 7) is 11.8. The van der Waals surface area contributed by atoms with Gasteiger partial charge in [0.2, 0.25) is 0 Å². The molecule has 0 saturated carbocycles. The number of nitrogens with one attached hydrogen (secondary N) is 1. The minimum absolute atomic E-state index is 0.348. The highest BCUT2D eigenvalue weighted by Crippen LogP contribution is 2.26. The second-order valence-corrected chi connectivity index (χ2v) is 7.97. The van der Waals surface area contributed by atoms with Crippen LogP contribution < -0.4 is 5.32 Å². The van der Waals surface area contributed by atoms with Gasteiger partial charge in [0, 0.05) is 38.0 Å². The van der Waals surface area contributed by atoms with Crippen molar-refractivity contribution in [2.24, 2.45) is 11.8 Å². The van der Waals surface area contributed by atoms with E-state index in [1.807, 2.05) is 0 Å². The fourth-order valence-corrected chi connectivity index (χ4v) is 4.30. The van der Waals surface area contributed by atoms with Crippen molar-refractivity contribution in [2.75, 3.05) is 44.6 Å². The lowest BCUT2D eigenvalue weighted by Gasteiger charge is -2.38. The summed E-state index contributed by atoms with van der Waals surface area (Å²) in [6, 6.07) is 9.39. The second kappa shape index (κ2) is 9.02. The number of aliphatic hydroxyl groups is 1. The standard InChI is InChI=1S/C21H35N3O/c1-3-23-13-10-20(17(2)14-23)22-21-7-5-4-6-19(21)15-24-11-8-18(16-25)9-12-24/h4-7,17-18,20,22,25H,3,8-16H2,1-2H3/t17-,20+/m1/s1. The van der Waals surface area contributed by atoms with Gasteiger partial charge in [-0.05, 0) is 62.4 Å². The molecule has 0 amide bonds. The molecule has 4 nitrogen and oxygen atoms in total. The molecule has 0 spiro atoms. The van der Waals surface area contributed by atoms with Crippen molar-refractivity contribution in [1.82, 2.24) is 9.80 Å². The zero-order chi connectivity index (χ0) is 17.6. The predicted molar refractivity (Wildman–Crippen MR) is 105 cm³/mol. The minimum Gasteiger partial charge on any atom is -0.396 e. The number of piperidine rings is 2. The monoisotopic (exact) mass is 345 g/mol. The Morgan fingerprint density at radius 2 is 1.80 bits per heavy atom. The number of hydrogen-bond donors (Lipinski definition) is 2. The molecule has 0 aliphatic carbocycles. The first-order chi connectivity index (χ1) is 12.2. The van der Waals surface area contributed by atoms with Crippen LogP contribution in [0.3, 0.4) is 0 Å². The van der Waals surface area contributed by atoms with E-state index < -0.39 is 0 Å². The average Bonchev–Trinajstić information content (AvgIpc) is 2.65. The molecule has 0 unspecified atom stereocenters. The van der Waals surface area contributed by atoms with Crippen LogP contribution in [0.15, 0.2) is 24.3 Å². The smallest absolute Gasteiger partial charge is 0.0460 e. The van der Waals surface area contributed by atoms with Crippen LogP contribution in [-0.2, 0) is 6.54 Å². The van der Waals surface area contributed by atoms with Crippen LogP contribution in [-0.4, -0.2) is 60.3 Å². The molecule has 3 rings (SSSR count). The largest absolute Gasteiger partial charge is 0.396 e. The summed E-state index contributed by atoms with van der Waals surface area (Å²) in [6.07, 6.45) is 3.47. The molecule has 140 valence electrons. The van der Waals surface area contributed by atoms with Crippen LogP contribution in [0.25, 0.3) is 0 Å². The highest BCUT2D eigenvalue weighted by Gasteiger charge is 2.26. The Hall–Kier alpha value is -1.10. The lowest BCUT2D eigenvalue weighted by atomic mass is 9.93. The summed E-state index contributed by atoms with van der Waals surface area (Å²) in [5.74, 6) is 1.19. The number of hydrogen-bond acceptors (Lipinski definition) is 4. The van der Waals surface area contributed by atoms with Gasteiger partial charge in [-0.25, -0.2) is 0 Å². The number of para-hydroxylation sites is 1. The molecule has 2 aliphatic heterocycles. The summed E-state index contributed by atoms with van der Waals surface area (Å²) in [5.41, 5.74) is 2.73. The van der Waals surface area contributed by atoms with Crippen LogP contribution in [0.2, 0.25) is 0 Å². The van der Waals surface area contributed by atoms with E-state index in [0.29, 0.717) is 24.5 Å². The molecule has 2 atom stereocenters. The molecule has 2 heterocycles. The topological polar surface area (TPSA) is 38.7 Å². The molecule has 2 fully saturated rings. The van der Waals surface area contributed by atoms with Crippen LogP contribution in [0.4, 0.5) is 5.69 Å². The van der Waals surface area contributed by atoms with E-state index in [1.165, 1.54) is 30.8 Å². The number of rotatable bonds is 6. The first-order valence-corrected chi connectivity index (χ1v) is 10.1. The van der Waals surface area contributed by atoms with E-state index in [1.54, 1.807) is 0 Å². The van der Waals surface area contributed by atoms with Gasteiger partial charge in [0.25, 0.3) is 0 Å². The van der Waals surface area contributed by atoms with Crippen LogP contribution in [0.1, 0.15) is 38.7 Å². The third-order valence-electron chi connectivity index (χ3n) is 6.15. The van der Waals surface area contributed by atoms with Gasteiger partial charge in [-0.15, -0.1) is 0 Å². The van der Waals surface area contributed by atoms with Crippen molar-refractivity contribution in [3.63, 3.8) is 0 Å². The van der Waals surface area contributed by atoms with Gasteiger partial charge in [-0.1, -0.05) is 32.0 Å². The molecular weight excluding hydrogens is 310 g/mol. The van der Waals surface area contributed by atoms with Gasteiger partial charge in [0.1, 0.15) is 0 Å². The number of nitrogens with zero attached hydrogens (tertiary/aromatic N) is 2. The lowest BCUT2D eigenvalue weighted by Crippen LogP contribution is -2.45. The number of likely N-dealkylation sites (tertiary alicyclic amines) is 2. The quantitative estimate of drug-likeness (QED) is 0.831. The summed E-state index contributed by atoms with van der Waals surface area (Å²) < 4.78 is 0. The highest BCUT2D eigenvalue weighted by molar-refractivity contribution is 5.52. The van der Waals surface area contributed by atoms with Crippen molar-refractivity contribution >= 4 is 5.69 Å². The van der Waals surface area contributed by atoms with Crippen molar-refractivity contribution in [1.29, 1.82) is 0 Å². The molecular formula is C21H35N3O. The Balaban J connectivity index is 1.59. The maximum Gasteiger partial charge on any atom is 0.0460 e. The molecule has 2 aliphatic rings. The van der Waals surface area contributed by atoms with E-state index in [4.69, 9.17) is 0 Å². The van der Waals surface area contributed by atoms with E-state index in [-0.39, 0.29) is 0 Å². The van der Waals surface area contributed by atoms with Crippen molar-refractivity contribution in [3.8, 4) is 0 Å². The Morgan fingerprint density at radius 3 is 2.48 bits per heavy atom. The Kier molecular flexibility index (Phi) is 6.74. The van der Waals surface area contributed by atoms with Crippen molar-refractivity contribution in [3.05, 3.63) is 29.8 Å². The molecule has 0 radical (unpaired) electrons. The van der Waals surface area contributed by atoms with Crippen molar-refractivity contribution < 1.29 is 5.11 Å². The number of anilines is 1. The average molecular weight is 346 g/mol.